The molecule has 0 N–H and O–H groups in total. The maximum absolute atomic E-state index is 6.00. The fourth-order valence-corrected chi connectivity index (χ4v) is 4.43. The summed E-state index contributed by atoms with van der Waals surface area (Å²) in [4.78, 5) is 7.45. The number of ether oxygens (including phenoxy) is 2. The molecule has 1 aliphatic rings. The second-order valence-electron chi connectivity index (χ2n) is 8.60. The van der Waals surface area contributed by atoms with Gasteiger partial charge in [0.05, 0.1) is 30.9 Å². The number of morpholine rings is 1. The van der Waals surface area contributed by atoms with Crippen molar-refractivity contribution in [1.82, 2.24) is 14.5 Å². The van der Waals surface area contributed by atoms with Crippen molar-refractivity contribution in [2.45, 2.75) is 46.1 Å². The van der Waals surface area contributed by atoms with E-state index in [1.54, 1.807) is 0 Å². The molecular weight excluding hydrogens is 386 g/mol. The number of para-hydroxylation sites is 2. The number of aryl methyl sites for hydroxylation is 4. The molecule has 1 aromatic heterocycles. The van der Waals surface area contributed by atoms with Crippen LogP contribution in [0.2, 0.25) is 0 Å². The molecule has 1 fully saturated rings. The number of unbranched alkanes of at least 4 members (excludes halogenated alkanes) is 1. The molecule has 2 aromatic carbocycles. The predicted molar refractivity (Wildman–Crippen MR) is 126 cm³/mol. The van der Waals surface area contributed by atoms with Crippen LogP contribution in [0.5, 0.6) is 5.75 Å². The topological polar surface area (TPSA) is 39.5 Å². The molecule has 1 saturated heterocycles. The third-order valence-corrected chi connectivity index (χ3v) is 5.95. The number of fused-ring (bicyclic) bond motifs is 1. The first kappa shape index (κ1) is 21.8. The number of aromatic nitrogens is 2. The van der Waals surface area contributed by atoms with Gasteiger partial charge in [0, 0.05) is 26.1 Å². The van der Waals surface area contributed by atoms with Crippen LogP contribution in [-0.4, -0.2) is 53.9 Å². The molecule has 5 nitrogen and oxygen atoms in total. The Labute approximate surface area is 186 Å². The van der Waals surface area contributed by atoms with Crippen LogP contribution >= 0.6 is 0 Å². The number of nitrogens with zero attached hydrogens (tertiary/aromatic N) is 3. The lowest BCUT2D eigenvalue weighted by Gasteiger charge is -2.26. The van der Waals surface area contributed by atoms with Crippen molar-refractivity contribution in [3.8, 4) is 5.75 Å². The zero-order valence-electron chi connectivity index (χ0n) is 19.0. The van der Waals surface area contributed by atoms with Gasteiger partial charge in [0.2, 0.25) is 0 Å². The third kappa shape index (κ3) is 6.08. The molecule has 0 aliphatic carbocycles. The van der Waals surface area contributed by atoms with Crippen LogP contribution in [-0.2, 0) is 17.7 Å². The van der Waals surface area contributed by atoms with E-state index in [0.717, 1.165) is 82.9 Å². The summed E-state index contributed by atoms with van der Waals surface area (Å²) in [6, 6.07) is 14.9. The highest BCUT2D eigenvalue weighted by Crippen LogP contribution is 2.19. The molecule has 4 rings (SSSR count). The molecule has 31 heavy (non-hydrogen) atoms. The first-order valence-corrected chi connectivity index (χ1v) is 11.6. The van der Waals surface area contributed by atoms with Gasteiger partial charge < -0.3 is 14.0 Å². The van der Waals surface area contributed by atoms with Crippen LogP contribution in [0.4, 0.5) is 0 Å². The van der Waals surface area contributed by atoms with Crippen molar-refractivity contribution in [3.05, 3.63) is 59.4 Å². The molecule has 0 spiro atoms. The maximum atomic E-state index is 6.00. The van der Waals surface area contributed by atoms with Gasteiger partial charge in [0.15, 0.2) is 0 Å². The number of hydrogen-bond donors (Lipinski definition) is 0. The lowest BCUT2D eigenvalue weighted by atomic mass is 10.1. The van der Waals surface area contributed by atoms with Gasteiger partial charge in [-0.25, -0.2) is 4.98 Å². The number of hydrogen-bond acceptors (Lipinski definition) is 4. The summed E-state index contributed by atoms with van der Waals surface area (Å²) in [7, 11) is 0. The van der Waals surface area contributed by atoms with Crippen LogP contribution < -0.4 is 4.74 Å². The molecule has 0 bridgehead atoms. The second kappa shape index (κ2) is 10.8. The highest BCUT2D eigenvalue weighted by molar-refractivity contribution is 5.75. The van der Waals surface area contributed by atoms with E-state index < -0.39 is 0 Å². The van der Waals surface area contributed by atoms with E-state index in [-0.39, 0.29) is 0 Å². The van der Waals surface area contributed by atoms with Gasteiger partial charge in [-0.1, -0.05) is 18.2 Å². The number of benzene rings is 2. The minimum atomic E-state index is 0.752. The Morgan fingerprint density at radius 3 is 2.52 bits per heavy atom. The Morgan fingerprint density at radius 2 is 1.71 bits per heavy atom. The Morgan fingerprint density at radius 1 is 0.935 bits per heavy atom. The monoisotopic (exact) mass is 421 g/mol. The summed E-state index contributed by atoms with van der Waals surface area (Å²) in [6.45, 7) is 10.9. The van der Waals surface area contributed by atoms with Gasteiger partial charge in [-0.15, -0.1) is 0 Å². The molecule has 5 heteroatoms. The van der Waals surface area contributed by atoms with Crippen molar-refractivity contribution in [3.63, 3.8) is 0 Å². The zero-order chi connectivity index (χ0) is 21.5. The van der Waals surface area contributed by atoms with Crippen molar-refractivity contribution < 1.29 is 9.47 Å². The minimum Gasteiger partial charge on any atom is -0.494 e. The fourth-order valence-electron chi connectivity index (χ4n) is 4.43. The van der Waals surface area contributed by atoms with Crippen LogP contribution in [0.25, 0.3) is 11.0 Å². The summed E-state index contributed by atoms with van der Waals surface area (Å²) >= 11 is 0. The molecule has 0 unspecified atom stereocenters. The zero-order valence-corrected chi connectivity index (χ0v) is 19.0. The summed E-state index contributed by atoms with van der Waals surface area (Å²) in [5.74, 6) is 2.19. The molecule has 1 aliphatic heterocycles. The van der Waals surface area contributed by atoms with E-state index in [2.05, 4.69) is 65.8 Å². The highest BCUT2D eigenvalue weighted by atomic mass is 16.5. The largest absolute Gasteiger partial charge is 0.494 e. The molecule has 2 heterocycles. The van der Waals surface area contributed by atoms with E-state index in [4.69, 9.17) is 14.5 Å². The van der Waals surface area contributed by atoms with Gasteiger partial charge in [0.25, 0.3) is 0 Å². The van der Waals surface area contributed by atoms with Crippen LogP contribution in [0.1, 0.15) is 36.2 Å². The van der Waals surface area contributed by atoms with E-state index in [9.17, 15) is 0 Å². The van der Waals surface area contributed by atoms with Crippen molar-refractivity contribution in [2.75, 3.05) is 39.5 Å². The normalized spacial score (nSPS) is 14.9. The first-order chi connectivity index (χ1) is 15.2. The Bertz CT molecular complexity index is 956. The van der Waals surface area contributed by atoms with Crippen LogP contribution in [0.3, 0.4) is 0 Å². The van der Waals surface area contributed by atoms with Gasteiger partial charge >= 0.3 is 0 Å². The number of rotatable bonds is 10. The van der Waals surface area contributed by atoms with Crippen LogP contribution in [0.15, 0.2) is 42.5 Å². The summed E-state index contributed by atoms with van der Waals surface area (Å²) in [5.41, 5.74) is 4.86. The fraction of sp³-hybridized carbons (Fsp3) is 0.500. The van der Waals surface area contributed by atoms with Gasteiger partial charge in [-0.05, 0) is 75.0 Å². The summed E-state index contributed by atoms with van der Waals surface area (Å²) in [5, 5.41) is 0. The lowest BCUT2D eigenvalue weighted by Crippen LogP contribution is -2.37. The first-order valence-electron chi connectivity index (χ1n) is 11.6. The Balaban J connectivity index is 1.31. The van der Waals surface area contributed by atoms with Gasteiger partial charge in [-0.2, -0.15) is 0 Å². The third-order valence-electron chi connectivity index (χ3n) is 5.95. The van der Waals surface area contributed by atoms with Gasteiger partial charge in [0.1, 0.15) is 11.6 Å². The van der Waals surface area contributed by atoms with E-state index in [1.165, 1.54) is 22.5 Å². The standard InChI is InChI=1S/C26H35N3O2/c1-21-18-22(2)20-23(19-21)31-15-6-5-12-29-25-9-4-3-8-24(25)27-26(29)10-7-11-28-13-16-30-17-14-28/h3-4,8-9,18-20H,5-7,10-17H2,1-2H3. The van der Waals surface area contributed by atoms with Crippen LogP contribution in [0, 0.1) is 13.8 Å². The maximum Gasteiger partial charge on any atom is 0.119 e. The van der Waals surface area contributed by atoms with E-state index in [1.807, 2.05) is 0 Å². The quantitative estimate of drug-likeness (QED) is 0.442. The van der Waals surface area contributed by atoms with E-state index >= 15 is 0 Å². The van der Waals surface area contributed by atoms with Gasteiger partial charge in [-0.3, -0.25) is 4.90 Å². The highest BCUT2D eigenvalue weighted by Gasteiger charge is 2.13. The second-order valence-corrected chi connectivity index (χ2v) is 8.60. The van der Waals surface area contributed by atoms with Crippen molar-refractivity contribution in [2.24, 2.45) is 0 Å². The summed E-state index contributed by atoms with van der Waals surface area (Å²) < 4.78 is 13.9. The average Bonchev–Trinajstić information content (AvgIpc) is 3.11. The minimum absolute atomic E-state index is 0.752. The molecule has 166 valence electrons. The van der Waals surface area contributed by atoms with Crippen molar-refractivity contribution >= 4 is 11.0 Å². The Hall–Kier alpha value is -2.37. The Kier molecular flexibility index (Phi) is 7.60. The van der Waals surface area contributed by atoms with E-state index in [0.29, 0.717) is 0 Å². The molecule has 0 atom stereocenters. The SMILES string of the molecule is Cc1cc(C)cc(OCCCCn2c(CCCN3CCOCC3)nc3ccccc32)c1. The molecule has 0 amide bonds. The molecular formula is C26H35N3O2. The van der Waals surface area contributed by atoms with Crippen molar-refractivity contribution in [1.29, 1.82) is 0 Å². The molecule has 0 saturated carbocycles. The summed E-state index contributed by atoms with van der Waals surface area (Å²) in [6.07, 6.45) is 4.28. The molecule has 0 radical (unpaired) electrons. The molecule has 3 aromatic rings. The predicted octanol–water partition coefficient (Wildman–Crippen LogP) is 4.78. The lowest BCUT2D eigenvalue weighted by molar-refractivity contribution is 0.0374. The smallest absolute Gasteiger partial charge is 0.119 e. The average molecular weight is 422 g/mol. The number of imidazole rings is 1.